The third-order valence-corrected chi connectivity index (χ3v) is 6.52. The van der Waals surface area contributed by atoms with Crippen molar-refractivity contribution < 1.29 is 9.59 Å². The highest BCUT2D eigenvalue weighted by atomic mass is 16.2. The highest BCUT2D eigenvalue weighted by Crippen LogP contribution is 2.31. The number of nitrogens with zero attached hydrogens (tertiary/aromatic N) is 2. The molecule has 1 aliphatic rings. The van der Waals surface area contributed by atoms with E-state index in [1.807, 2.05) is 23.2 Å². The van der Waals surface area contributed by atoms with Crippen LogP contribution in [0.2, 0.25) is 0 Å². The Bertz CT molecular complexity index is 1080. The van der Waals surface area contributed by atoms with Crippen molar-refractivity contribution in [1.29, 1.82) is 0 Å². The average Bonchev–Trinajstić information content (AvgIpc) is 3.60. The van der Waals surface area contributed by atoms with Crippen LogP contribution in [0.4, 0.5) is 0 Å². The third-order valence-electron chi connectivity index (χ3n) is 6.52. The monoisotopic (exact) mass is 445 g/mol. The molecule has 0 bridgehead atoms. The number of hydrogen-bond acceptors (Lipinski definition) is 2. The number of nitrogens with one attached hydrogen (secondary N) is 1. The molecule has 174 valence electrons. The largest absolute Gasteiger partial charge is 0.361 e. The van der Waals surface area contributed by atoms with E-state index in [4.69, 9.17) is 0 Å². The average molecular weight is 446 g/mol. The van der Waals surface area contributed by atoms with E-state index in [1.165, 1.54) is 16.5 Å². The van der Waals surface area contributed by atoms with Crippen LogP contribution in [0.5, 0.6) is 0 Å². The molecule has 5 nitrogen and oxygen atoms in total. The molecule has 1 N–H and O–H groups in total. The maximum Gasteiger partial charge on any atom is 0.242 e. The number of aryl methyl sites for hydroxylation is 1. The SMILES string of the molecule is CCCCN(CC(=O)N(CCc1c[nH]c2ccccc12)Cc1ccc(C)cc1)C(=O)C1CC1. The number of benzene rings is 2. The molecule has 0 saturated heterocycles. The van der Waals surface area contributed by atoms with Gasteiger partial charge in [0.25, 0.3) is 0 Å². The molecule has 3 aromatic rings. The molecule has 2 aromatic carbocycles. The standard InChI is InChI=1S/C28H35N3O2/c1-3-4-16-31(28(33)23-13-14-23)20-27(32)30(19-22-11-9-21(2)10-12-22)17-15-24-18-29-26-8-6-5-7-25(24)26/h5-12,18,23,29H,3-4,13-17,19-20H2,1-2H3. The summed E-state index contributed by atoms with van der Waals surface area (Å²) in [5.74, 6) is 0.315. The lowest BCUT2D eigenvalue weighted by atomic mass is 10.1. The summed E-state index contributed by atoms with van der Waals surface area (Å²) in [6.45, 7) is 6.20. The number of H-pyrrole nitrogens is 1. The van der Waals surface area contributed by atoms with Crippen molar-refractivity contribution in [1.82, 2.24) is 14.8 Å². The minimum atomic E-state index is 0.0283. The van der Waals surface area contributed by atoms with Crippen molar-refractivity contribution in [2.75, 3.05) is 19.6 Å². The number of fused-ring (bicyclic) bond motifs is 1. The number of unbranched alkanes of at least 4 members (excludes halogenated alkanes) is 1. The predicted octanol–water partition coefficient (Wildman–Crippen LogP) is 5.09. The lowest BCUT2D eigenvalue weighted by Gasteiger charge is -2.28. The summed E-state index contributed by atoms with van der Waals surface area (Å²) in [7, 11) is 0. The molecular formula is C28H35N3O2. The molecule has 0 aliphatic heterocycles. The maximum atomic E-state index is 13.5. The molecule has 1 aromatic heterocycles. The molecule has 5 heteroatoms. The lowest BCUT2D eigenvalue weighted by molar-refractivity contribution is -0.141. The van der Waals surface area contributed by atoms with Gasteiger partial charge >= 0.3 is 0 Å². The van der Waals surface area contributed by atoms with Gasteiger partial charge in [0.05, 0.1) is 6.54 Å². The Kier molecular flexibility index (Phi) is 7.48. The van der Waals surface area contributed by atoms with Crippen molar-refractivity contribution >= 4 is 22.7 Å². The summed E-state index contributed by atoms with van der Waals surface area (Å²) >= 11 is 0. The van der Waals surface area contributed by atoms with Gasteiger partial charge in [-0.05, 0) is 49.8 Å². The van der Waals surface area contributed by atoms with Crippen LogP contribution in [0.15, 0.2) is 54.7 Å². The second kappa shape index (κ2) is 10.7. The van der Waals surface area contributed by atoms with Crippen molar-refractivity contribution in [3.63, 3.8) is 0 Å². The molecule has 1 fully saturated rings. The highest BCUT2D eigenvalue weighted by molar-refractivity contribution is 5.87. The van der Waals surface area contributed by atoms with Crippen LogP contribution in [0.3, 0.4) is 0 Å². The van der Waals surface area contributed by atoms with Crippen LogP contribution in [-0.4, -0.2) is 46.2 Å². The zero-order valence-corrected chi connectivity index (χ0v) is 19.8. The zero-order valence-electron chi connectivity index (χ0n) is 19.8. The van der Waals surface area contributed by atoms with Crippen molar-refractivity contribution in [2.24, 2.45) is 5.92 Å². The van der Waals surface area contributed by atoms with Crippen molar-refractivity contribution in [2.45, 2.75) is 52.5 Å². The fourth-order valence-corrected chi connectivity index (χ4v) is 4.27. The van der Waals surface area contributed by atoms with Crippen LogP contribution < -0.4 is 0 Å². The van der Waals surface area contributed by atoms with Crippen LogP contribution in [-0.2, 0) is 22.6 Å². The van der Waals surface area contributed by atoms with E-state index >= 15 is 0 Å². The van der Waals surface area contributed by atoms with Gasteiger partial charge in [-0.2, -0.15) is 0 Å². The van der Waals surface area contributed by atoms with Gasteiger partial charge in [0, 0.05) is 42.7 Å². The highest BCUT2D eigenvalue weighted by Gasteiger charge is 2.34. The molecule has 0 radical (unpaired) electrons. The fourth-order valence-electron chi connectivity index (χ4n) is 4.27. The zero-order chi connectivity index (χ0) is 23.2. The number of aromatic amines is 1. The van der Waals surface area contributed by atoms with Gasteiger partial charge in [-0.1, -0.05) is 61.4 Å². The van der Waals surface area contributed by atoms with E-state index in [0.717, 1.165) is 43.2 Å². The molecular weight excluding hydrogens is 410 g/mol. The van der Waals surface area contributed by atoms with Gasteiger partial charge in [-0.15, -0.1) is 0 Å². The van der Waals surface area contributed by atoms with Gasteiger partial charge in [-0.3, -0.25) is 9.59 Å². The van der Waals surface area contributed by atoms with Crippen molar-refractivity contribution in [3.05, 3.63) is 71.4 Å². The van der Waals surface area contributed by atoms with E-state index in [0.29, 0.717) is 19.6 Å². The Morgan fingerprint density at radius 1 is 1.00 bits per heavy atom. The molecule has 0 atom stereocenters. The summed E-state index contributed by atoms with van der Waals surface area (Å²) in [5, 5.41) is 1.20. The Morgan fingerprint density at radius 3 is 2.48 bits per heavy atom. The summed E-state index contributed by atoms with van der Waals surface area (Å²) in [6, 6.07) is 16.6. The maximum absolute atomic E-state index is 13.5. The van der Waals surface area contributed by atoms with Crippen LogP contribution >= 0.6 is 0 Å². The number of para-hydroxylation sites is 1. The summed E-state index contributed by atoms with van der Waals surface area (Å²) in [6.07, 6.45) is 6.68. The third kappa shape index (κ3) is 6.04. The number of aromatic nitrogens is 1. The number of hydrogen-bond donors (Lipinski definition) is 1. The summed E-state index contributed by atoms with van der Waals surface area (Å²) < 4.78 is 0. The normalized spacial score (nSPS) is 13.3. The van der Waals surface area contributed by atoms with E-state index in [9.17, 15) is 9.59 Å². The van der Waals surface area contributed by atoms with E-state index in [2.05, 4.69) is 55.2 Å². The summed E-state index contributed by atoms with van der Waals surface area (Å²) in [5.41, 5.74) is 4.64. The van der Waals surface area contributed by atoms with Gasteiger partial charge in [-0.25, -0.2) is 0 Å². The fraction of sp³-hybridized carbons (Fsp3) is 0.429. The molecule has 2 amide bonds. The number of carbonyl (C=O) groups is 2. The first-order chi connectivity index (χ1) is 16.0. The molecule has 1 heterocycles. The first-order valence-electron chi connectivity index (χ1n) is 12.2. The van der Waals surface area contributed by atoms with Crippen molar-refractivity contribution in [3.8, 4) is 0 Å². The minimum absolute atomic E-state index is 0.0283. The van der Waals surface area contributed by atoms with Gasteiger partial charge in [0.1, 0.15) is 0 Å². The van der Waals surface area contributed by atoms with Crippen LogP contribution in [0.25, 0.3) is 10.9 Å². The van der Waals surface area contributed by atoms with Gasteiger partial charge in [0.2, 0.25) is 11.8 Å². The first-order valence-corrected chi connectivity index (χ1v) is 12.2. The lowest BCUT2D eigenvalue weighted by Crippen LogP contribution is -2.44. The molecule has 1 aliphatic carbocycles. The van der Waals surface area contributed by atoms with Gasteiger partial charge in [0.15, 0.2) is 0 Å². The Morgan fingerprint density at radius 2 is 1.76 bits per heavy atom. The van der Waals surface area contributed by atoms with E-state index in [1.54, 1.807) is 4.90 Å². The number of amides is 2. The molecule has 4 rings (SSSR count). The second-order valence-electron chi connectivity index (χ2n) is 9.30. The Labute approximate surface area is 196 Å². The second-order valence-corrected chi connectivity index (χ2v) is 9.30. The first kappa shape index (κ1) is 23.1. The quantitative estimate of drug-likeness (QED) is 0.447. The molecule has 0 unspecified atom stereocenters. The number of rotatable bonds is 11. The summed E-state index contributed by atoms with van der Waals surface area (Å²) in [4.78, 5) is 33.3. The Balaban J connectivity index is 1.49. The van der Waals surface area contributed by atoms with E-state index in [-0.39, 0.29) is 24.3 Å². The van der Waals surface area contributed by atoms with Crippen LogP contribution in [0, 0.1) is 12.8 Å². The van der Waals surface area contributed by atoms with Crippen LogP contribution in [0.1, 0.15) is 49.3 Å². The smallest absolute Gasteiger partial charge is 0.242 e. The van der Waals surface area contributed by atoms with Gasteiger partial charge < -0.3 is 14.8 Å². The molecule has 1 saturated carbocycles. The molecule has 0 spiro atoms. The number of carbonyl (C=O) groups excluding carboxylic acids is 2. The van der Waals surface area contributed by atoms with E-state index < -0.39 is 0 Å². The minimum Gasteiger partial charge on any atom is -0.361 e. The predicted molar refractivity (Wildman–Crippen MR) is 133 cm³/mol. The topological polar surface area (TPSA) is 56.4 Å². The Hall–Kier alpha value is -3.08. The molecule has 33 heavy (non-hydrogen) atoms.